The second-order valence-electron chi connectivity index (χ2n) is 18.2. The predicted molar refractivity (Wildman–Crippen MR) is 256 cm³/mol. The SMILES string of the molecule is CCCCC[C@H](/C=C/[C@@H]1[C@@H](C/C=C\CCCC(=O)OC)[C@@H](OCc2ccc(-c3ccccc3)cc2)C[C@H]1OC1CCCCO1)O[Si](c1ccccc1)(c1ccccc1)C(C)(C)C. The molecule has 0 N–H and O–H groups in total. The van der Waals surface area contributed by atoms with Crippen LogP contribution in [0.15, 0.2) is 140 Å². The summed E-state index contributed by atoms with van der Waals surface area (Å²) in [5, 5.41) is 2.46. The number of hydrogen-bond donors (Lipinski definition) is 0. The molecule has 0 bridgehead atoms. The van der Waals surface area contributed by atoms with E-state index >= 15 is 0 Å². The molecule has 2 fully saturated rings. The van der Waals surface area contributed by atoms with E-state index in [1.54, 1.807) is 0 Å². The topological polar surface area (TPSA) is 63.2 Å². The Morgan fingerprint density at radius 3 is 2.08 bits per heavy atom. The van der Waals surface area contributed by atoms with Crippen LogP contribution >= 0.6 is 0 Å². The summed E-state index contributed by atoms with van der Waals surface area (Å²) >= 11 is 0. The van der Waals surface area contributed by atoms with E-state index in [0.717, 1.165) is 82.8 Å². The average molecular weight is 857 g/mol. The van der Waals surface area contributed by atoms with Crippen LogP contribution in [0.1, 0.15) is 110 Å². The first-order valence-electron chi connectivity index (χ1n) is 23.4. The maximum atomic E-state index is 11.8. The highest BCUT2D eigenvalue weighted by Gasteiger charge is 2.51. The molecule has 1 saturated heterocycles. The van der Waals surface area contributed by atoms with E-state index in [1.165, 1.54) is 28.6 Å². The molecule has 0 spiro atoms. The lowest BCUT2D eigenvalue weighted by Crippen LogP contribution is -2.67. The molecule has 0 radical (unpaired) electrons. The summed E-state index contributed by atoms with van der Waals surface area (Å²) in [5.41, 5.74) is 3.56. The molecule has 7 heteroatoms. The fraction of sp³-hybridized carbons (Fsp3) is 0.473. The first kappa shape index (κ1) is 47.4. The molecule has 0 aromatic heterocycles. The fourth-order valence-electron chi connectivity index (χ4n) is 9.44. The van der Waals surface area contributed by atoms with Gasteiger partial charge in [0.05, 0.1) is 32.0 Å². The number of hydrogen-bond acceptors (Lipinski definition) is 6. The minimum atomic E-state index is -2.82. The molecular weight excluding hydrogens is 785 g/mol. The van der Waals surface area contributed by atoms with Crippen LogP contribution in [0.4, 0.5) is 0 Å². The monoisotopic (exact) mass is 857 g/mol. The van der Waals surface area contributed by atoms with E-state index in [2.05, 4.69) is 167 Å². The Kier molecular flexibility index (Phi) is 18.4. The summed E-state index contributed by atoms with van der Waals surface area (Å²) in [6.07, 6.45) is 20.1. The van der Waals surface area contributed by atoms with E-state index in [4.69, 9.17) is 23.4 Å². The Labute approximate surface area is 374 Å². The van der Waals surface area contributed by atoms with Gasteiger partial charge in [-0.1, -0.05) is 187 Å². The van der Waals surface area contributed by atoms with Crippen molar-refractivity contribution in [2.24, 2.45) is 11.8 Å². The number of carbonyl (C=O) groups is 1. The van der Waals surface area contributed by atoms with Gasteiger partial charge >= 0.3 is 5.97 Å². The number of allylic oxidation sites excluding steroid dienone is 2. The van der Waals surface area contributed by atoms with Crippen molar-refractivity contribution < 1.29 is 28.2 Å². The van der Waals surface area contributed by atoms with Crippen molar-refractivity contribution in [2.75, 3.05) is 13.7 Å². The largest absolute Gasteiger partial charge is 0.469 e. The molecule has 1 unspecified atom stereocenters. The van der Waals surface area contributed by atoms with Crippen molar-refractivity contribution in [3.05, 3.63) is 145 Å². The molecule has 332 valence electrons. The van der Waals surface area contributed by atoms with Crippen LogP contribution in [0.5, 0.6) is 0 Å². The number of esters is 1. The maximum absolute atomic E-state index is 11.8. The predicted octanol–water partition coefficient (Wildman–Crippen LogP) is 12.2. The van der Waals surface area contributed by atoms with Gasteiger partial charge in [0.15, 0.2) is 6.29 Å². The fourth-order valence-corrected chi connectivity index (χ4v) is 14.1. The number of carbonyl (C=O) groups excluding carboxylic acids is 1. The van der Waals surface area contributed by atoms with Gasteiger partial charge in [-0.25, -0.2) is 0 Å². The first-order valence-corrected chi connectivity index (χ1v) is 25.3. The van der Waals surface area contributed by atoms with Gasteiger partial charge < -0.3 is 23.4 Å². The number of unbranched alkanes of at least 4 members (excludes halogenated alkanes) is 3. The Bertz CT molecular complexity index is 1900. The third-order valence-electron chi connectivity index (χ3n) is 12.8. The van der Waals surface area contributed by atoms with Crippen molar-refractivity contribution in [1.29, 1.82) is 0 Å². The summed E-state index contributed by atoms with van der Waals surface area (Å²) in [4.78, 5) is 11.8. The lowest BCUT2D eigenvalue weighted by atomic mass is 9.89. The second-order valence-corrected chi connectivity index (χ2v) is 22.5. The molecule has 62 heavy (non-hydrogen) atoms. The first-order chi connectivity index (χ1) is 30.2. The van der Waals surface area contributed by atoms with Crippen LogP contribution in [0.2, 0.25) is 5.04 Å². The standard InChI is InChI=1S/C55H72O6Si/c1-6-7-13-26-46(61-62(55(2,3)4,47-27-16-11-17-28-47)48-29-18-12-19-30-48)38-39-50-49(31-20-8-9-21-32-53(56)57-5)51(41-52(50)60-54-33-22-23-40-58-54)59-42-43-34-36-45(37-35-43)44-24-14-10-15-25-44/h8,10-12,14-20,24-25,27-30,34-39,46,49-52,54H,6-7,9,13,21-23,26,31-33,40-42H2,1-5H3/b20-8-,39-38+/t46-,49-,50-,51+,52-,54?/m1/s1. The van der Waals surface area contributed by atoms with Gasteiger partial charge in [-0.15, -0.1) is 0 Å². The minimum Gasteiger partial charge on any atom is -0.469 e. The van der Waals surface area contributed by atoms with E-state index in [0.29, 0.717) is 13.0 Å². The number of ether oxygens (including phenoxy) is 4. The lowest BCUT2D eigenvalue weighted by molar-refractivity contribution is -0.193. The van der Waals surface area contributed by atoms with Crippen molar-refractivity contribution in [3.8, 4) is 11.1 Å². The zero-order chi connectivity index (χ0) is 43.6. The number of methoxy groups -OCH3 is 1. The van der Waals surface area contributed by atoms with Crippen LogP contribution in [0, 0.1) is 11.8 Å². The quantitative estimate of drug-likeness (QED) is 0.0340. The zero-order valence-electron chi connectivity index (χ0n) is 38.1. The molecular formula is C55H72O6Si. The zero-order valence-corrected chi connectivity index (χ0v) is 39.1. The van der Waals surface area contributed by atoms with Crippen LogP contribution in [0.25, 0.3) is 11.1 Å². The normalized spacial score (nSPS) is 21.4. The summed E-state index contributed by atoms with van der Waals surface area (Å²) in [5.74, 6) is 0.0925. The molecule has 0 amide bonds. The van der Waals surface area contributed by atoms with E-state index in [1.807, 2.05) is 0 Å². The third kappa shape index (κ3) is 13.0. The Hall–Kier alpha value is -4.11. The van der Waals surface area contributed by atoms with Crippen molar-refractivity contribution in [1.82, 2.24) is 0 Å². The van der Waals surface area contributed by atoms with Crippen molar-refractivity contribution >= 4 is 24.7 Å². The highest BCUT2D eigenvalue weighted by atomic mass is 28.4. The van der Waals surface area contributed by atoms with E-state index in [9.17, 15) is 4.79 Å². The highest BCUT2D eigenvalue weighted by molar-refractivity contribution is 6.99. The summed E-state index contributed by atoms with van der Waals surface area (Å²) in [7, 11) is -1.37. The molecule has 4 aromatic carbocycles. The molecule has 1 aliphatic heterocycles. The molecule has 4 aromatic rings. The molecule has 2 aliphatic rings. The molecule has 1 heterocycles. The van der Waals surface area contributed by atoms with E-state index < -0.39 is 8.32 Å². The van der Waals surface area contributed by atoms with Crippen LogP contribution < -0.4 is 10.4 Å². The van der Waals surface area contributed by atoms with Crippen LogP contribution in [0.3, 0.4) is 0 Å². The third-order valence-corrected chi connectivity index (χ3v) is 17.9. The van der Waals surface area contributed by atoms with Crippen molar-refractivity contribution in [2.45, 2.75) is 141 Å². The van der Waals surface area contributed by atoms with Gasteiger partial charge in [-0.05, 0) is 83.0 Å². The van der Waals surface area contributed by atoms with Gasteiger partial charge in [0, 0.05) is 25.4 Å². The van der Waals surface area contributed by atoms with Gasteiger partial charge in [-0.3, -0.25) is 4.79 Å². The Morgan fingerprint density at radius 2 is 1.47 bits per heavy atom. The molecule has 6 atom stereocenters. The lowest BCUT2D eigenvalue weighted by Gasteiger charge is -2.45. The number of rotatable bonds is 22. The van der Waals surface area contributed by atoms with E-state index in [-0.39, 0.29) is 47.4 Å². The summed E-state index contributed by atoms with van der Waals surface area (Å²) in [6, 6.07) is 41.3. The van der Waals surface area contributed by atoms with Gasteiger partial charge in [0.2, 0.25) is 0 Å². The van der Waals surface area contributed by atoms with Gasteiger partial charge in [-0.2, -0.15) is 0 Å². The summed E-state index contributed by atoms with van der Waals surface area (Å²) < 4.78 is 32.9. The average Bonchev–Trinajstić information content (AvgIpc) is 3.63. The van der Waals surface area contributed by atoms with Crippen LogP contribution in [-0.4, -0.2) is 52.6 Å². The number of benzene rings is 4. The van der Waals surface area contributed by atoms with Gasteiger partial charge in [0.25, 0.3) is 8.32 Å². The maximum Gasteiger partial charge on any atom is 0.305 e. The smallest absolute Gasteiger partial charge is 0.305 e. The molecule has 1 saturated carbocycles. The Morgan fingerprint density at radius 1 is 0.806 bits per heavy atom. The second kappa shape index (κ2) is 24.1. The van der Waals surface area contributed by atoms with Crippen LogP contribution in [-0.2, 0) is 34.8 Å². The highest BCUT2D eigenvalue weighted by Crippen LogP contribution is 2.43. The van der Waals surface area contributed by atoms with Gasteiger partial charge in [0.1, 0.15) is 0 Å². The molecule has 6 rings (SSSR count). The minimum absolute atomic E-state index is 0.0251. The van der Waals surface area contributed by atoms with Crippen molar-refractivity contribution in [3.63, 3.8) is 0 Å². The summed E-state index contributed by atoms with van der Waals surface area (Å²) in [6.45, 7) is 10.6. The molecule has 1 aliphatic carbocycles. The molecule has 6 nitrogen and oxygen atoms in total. The Balaban J connectivity index is 1.33.